The van der Waals surface area contributed by atoms with Crippen molar-refractivity contribution < 1.29 is 14.3 Å². The molecule has 1 aromatic carbocycles. The molecule has 4 aromatic rings. The maximum absolute atomic E-state index is 13.6. The highest BCUT2D eigenvalue weighted by Gasteiger charge is 2.36. The second-order valence-corrected chi connectivity index (χ2v) is 8.47. The Morgan fingerprint density at radius 2 is 2.03 bits per heavy atom. The van der Waals surface area contributed by atoms with Gasteiger partial charge in [0, 0.05) is 17.5 Å². The quantitative estimate of drug-likeness (QED) is 0.428. The summed E-state index contributed by atoms with van der Waals surface area (Å²) >= 11 is 1.55. The number of thiophene rings is 1. The van der Waals surface area contributed by atoms with Gasteiger partial charge in [0.1, 0.15) is 23.4 Å². The van der Waals surface area contributed by atoms with E-state index in [1.54, 1.807) is 48.6 Å². The van der Waals surface area contributed by atoms with Crippen molar-refractivity contribution in [2.75, 3.05) is 24.9 Å². The Hall–Kier alpha value is -4.18. The van der Waals surface area contributed by atoms with Crippen LogP contribution in [-0.2, 0) is 4.79 Å². The number of benzene rings is 1. The fourth-order valence-electron chi connectivity index (χ4n) is 3.92. The number of carbonyl (C=O) groups is 1. The summed E-state index contributed by atoms with van der Waals surface area (Å²) < 4.78 is 12.9. The second-order valence-electron chi connectivity index (χ2n) is 7.52. The van der Waals surface area contributed by atoms with Gasteiger partial charge in [-0.1, -0.05) is 12.1 Å². The van der Waals surface area contributed by atoms with Gasteiger partial charge in [0.2, 0.25) is 5.95 Å². The minimum atomic E-state index is -0.619. The van der Waals surface area contributed by atoms with Gasteiger partial charge in [0.15, 0.2) is 5.82 Å². The van der Waals surface area contributed by atoms with E-state index in [9.17, 15) is 4.79 Å². The first-order valence-corrected chi connectivity index (χ1v) is 11.4. The number of anilines is 2. The predicted octanol–water partition coefficient (Wildman–Crippen LogP) is 4.35. The fraction of sp³-hybridized carbons (Fsp3) is 0.167. The Morgan fingerprint density at radius 1 is 1.15 bits per heavy atom. The average molecular weight is 475 g/mol. The SMILES string of the molecule is COc1ccc(OC)c(C2C(C(=O)Nc3ccccn3)=C(C)Nc3nc(-c4cccs4)nn32)c1. The van der Waals surface area contributed by atoms with Crippen molar-refractivity contribution in [1.29, 1.82) is 0 Å². The molecule has 4 heterocycles. The van der Waals surface area contributed by atoms with Crippen molar-refractivity contribution in [3.63, 3.8) is 0 Å². The van der Waals surface area contributed by atoms with Crippen molar-refractivity contribution in [2.24, 2.45) is 0 Å². The summed E-state index contributed by atoms with van der Waals surface area (Å²) in [4.78, 5) is 23.4. The third-order valence-electron chi connectivity index (χ3n) is 5.48. The lowest BCUT2D eigenvalue weighted by molar-refractivity contribution is -0.113. The van der Waals surface area contributed by atoms with Crippen molar-refractivity contribution in [3.8, 4) is 22.2 Å². The highest BCUT2D eigenvalue weighted by Crippen LogP contribution is 2.41. The Bertz CT molecular complexity index is 1360. The molecule has 1 aliphatic heterocycles. The van der Waals surface area contributed by atoms with Crippen molar-refractivity contribution >= 4 is 29.0 Å². The molecule has 0 radical (unpaired) electrons. The molecule has 0 bridgehead atoms. The molecule has 0 aliphatic carbocycles. The topological polar surface area (TPSA) is 103 Å². The lowest BCUT2D eigenvalue weighted by atomic mass is 9.94. The molecule has 3 aromatic heterocycles. The number of hydrogen-bond acceptors (Lipinski definition) is 8. The summed E-state index contributed by atoms with van der Waals surface area (Å²) in [6.07, 6.45) is 1.63. The third-order valence-corrected chi connectivity index (χ3v) is 6.34. The number of amides is 1. The van der Waals surface area contributed by atoms with Gasteiger partial charge >= 0.3 is 0 Å². The van der Waals surface area contributed by atoms with Gasteiger partial charge in [-0.3, -0.25) is 4.79 Å². The highest BCUT2D eigenvalue weighted by atomic mass is 32.1. The number of aromatic nitrogens is 4. The number of hydrogen-bond donors (Lipinski definition) is 2. The molecule has 0 spiro atoms. The van der Waals surface area contributed by atoms with E-state index in [1.807, 2.05) is 48.7 Å². The Balaban J connectivity index is 1.67. The molecule has 10 heteroatoms. The summed E-state index contributed by atoms with van der Waals surface area (Å²) in [5, 5.41) is 12.9. The third kappa shape index (κ3) is 3.88. The van der Waals surface area contributed by atoms with Crippen LogP contribution in [-0.4, -0.2) is 39.9 Å². The summed E-state index contributed by atoms with van der Waals surface area (Å²) in [6, 6.07) is 14.1. The number of allylic oxidation sites excluding steroid dienone is 1. The molecule has 9 nitrogen and oxygen atoms in total. The number of pyridine rings is 1. The molecular formula is C24H22N6O3S. The molecule has 1 aliphatic rings. The van der Waals surface area contributed by atoms with Crippen molar-refractivity contribution in [1.82, 2.24) is 19.7 Å². The van der Waals surface area contributed by atoms with E-state index in [1.165, 1.54) is 0 Å². The lowest BCUT2D eigenvalue weighted by Gasteiger charge is -2.29. The van der Waals surface area contributed by atoms with Gasteiger partial charge in [-0.2, -0.15) is 4.98 Å². The van der Waals surface area contributed by atoms with E-state index in [2.05, 4.69) is 15.6 Å². The Kier molecular flexibility index (Phi) is 5.72. The van der Waals surface area contributed by atoms with Gasteiger partial charge < -0.3 is 20.1 Å². The minimum Gasteiger partial charge on any atom is -0.497 e. The second kappa shape index (κ2) is 8.99. The van der Waals surface area contributed by atoms with Crippen LogP contribution in [0, 0.1) is 0 Å². The van der Waals surface area contributed by atoms with Crippen molar-refractivity contribution in [2.45, 2.75) is 13.0 Å². The molecule has 0 saturated heterocycles. The number of nitrogens with one attached hydrogen (secondary N) is 2. The molecule has 0 saturated carbocycles. The molecular weight excluding hydrogens is 452 g/mol. The van der Waals surface area contributed by atoms with Crippen molar-refractivity contribution in [3.05, 3.63) is 76.9 Å². The molecule has 1 unspecified atom stereocenters. The Labute approximate surface area is 200 Å². The van der Waals surface area contributed by atoms with E-state index in [0.717, 1.165) is 10.4 Å². The molecule has 2 N–H and O–H groups in total. The molecule has 172 valence electrons. The van der Waals surface area contributed by atoms with Crippen LogP contribution in [0.5, 0.6) is 11.5 Å². The molecule has 0 fully saturated rings. The summed E-state index contributed by atoms with van der Waals surface area (Å²) in [6.45, 7) is 1.84. The number of nitrogens with zero attached hydrogens (tertiary/aromatic N) is 4. The lowest BCUT2D eigenvalue weighted by Crippen LogP contribution is -2.32. The number of methoxy groups -OCH3 is 2. The first-order valence-electron chi connectivity index (χ1n) is 10.5. The van der Waals surface area contributed by atoms with Crippen LogP contribution >= 0.6 is 11.3 Å². The van der Waals surface area contributed by atoms with E-state index in [0.29, 0.717) is 40.4 Å². The van der Waals surface area contributed by atoms with Crippen LogP contribution in [0.25, 0.3) is 10.7 Å². The molecule has 1 amide bonds. The molecule has 5 rings (SSSR count). The van der Waals surface area contributed by atoms with Gasteiger partial charge in [-0.05, 0) is 48.7 Å². The van der Waals surface area contributed by atoms with Gasteiger partial charge in [0.05, 0.1) is 24.7 Å². The summed E-state index contributed by atoms with van der Waals surface area (Å²) in [5.74, 6) is 2.48. The normalized spacial score (nSPS) is 14.9. The predicted molar refractivity (Wildman–Crippen MR) is 130 cm³/mol. The molecule has 34 heavy (non-hydrogen) atoms. The van der Waals surface area contributed by atoms with Crippen LogP contribution < -0.4 is 20.1 Å². The maximum atomic E-state index is 13.6. The zero-order valence-electron chi connectivity index (χ0n) is 18.8. The van der Waals surface area contributed by atoms with Crippen LogP contribution in [0.1, 0.15) is 18.5 Å². The zero-order valence-corrected chi connectivity index (χ0v) is 19.6. The minimum absolute atomic E-state index is 0.308. The van der Waals surface area contributed by atoms with Crippen LogP contribution in [0.4, 0.5) is 11.8 Å². The summed E-state index contributed by atoms with van der Waals surface area (Å²) in [7, 11) is 3.19. The van der Waals surface area contributed by atoms with Crippen LogP contribution in [0.3, 0.4) is 0 Å². The van der Waals surface area contributed by atoms with E-state index >= 15 is 0 Å². The summed E-state index contributed by atoms with van der Waals surface area (Å²) in [5.41, 5.74) is 1.84. The van der Waals surface area contributed by atoms with E-state index in [4.69, 9.17) is 19.6 Å². The number of rotatable bonds is 6. The van der Waals surface area contributed by atoms with Gasteiger partial charge in [-0.25, -0.2) is 9.67 Å². The largest absolute Gasteiger partial charge is 0.497 e. The first kappa shape index (κ1) is 21.7. The fourth-order valence-corrected chi connectivity index (χ4v) is 4.57. The zero-order chi connectivity index (χ0) is 23.7. The van der Waals surface area contributed by atoms with Crippen LogP contribution in [0.15, 0.2) is 71.4 Å². The Morgan fingerprint density at radius 3 is 2.74 bits per heavy atom. The smallest absolute Gasteiger partial charge is 0.257 e. The maximum Gasteiger partial charge on any atom is 0.257 e. The standard InChI is InChI=1S/C24H22N6O3S/c1-14-20(23(31)27-19-8-4-5-11-25-19)21(16-13-15(32-2)9-10-17(16)33-3)30-24(26-14)28-22(29-30)18-7-6-12-34-18/h4-13,21H,1-3H3,(H,25,27,31)(H,26,28,29). The van der Waals surface area contributed by atoms with Gasteiger partial charge in [0.25, 0.3) is 5.91 Å². The molecule has 1 atom stereocenters. The number of fused-ring (bicyclic) bond motifs is 1. The average Bonchev–Trinajstić information content (AvgIpc) is 3.53. The van der Waals surface area contributed by atoms with Gasteiger partial charge in [-0.15, -0.1) is 16.4 Å². The monoisotopic (exact) mass is 474 g/mol. The number of carbonyl (C=O) groups excluding carboxylic acids is 1. The first-order chi connectivity index (χ1) is 16.6. The van der Waals surface area contributed by atoms with Crippen LogP contribution in [0.2, 0.25) is 0 Å². The van der Waals surface area contributed by atoms with E-state index < -0.39 is 6.04 Å². The highest BCUT2D eigenvalue weighted by molar-refractivity contribution is 7.13. The van der Waals surface area contributed by atoms with E-state index in [-0.39, 0.29) is 5.91 Å². The number of ether oxygens (including phenoxy) is 2.